The molecule has 1 atom stereocenters. The number of rotatable bonds is 9. The summed E-state index contributed by atoms with van der Waals surface area (Å²) in [7, 11) is 0. The van der Waals surface area contributed by atoms with Crippen LogP contribution in [0.2, 0.25) is 0 Å². The molecule has 0 aromatic heterocycles. The fraction of sp³-hybridized carbons (Fsp3) is 0.600. The molecule has 162 valence electrons. The van der Waals surface area contributed by atoms with Crippen LogP contribution in [0.5, 0.6) is 0 Å². The number of alkyl halides is 3. The highest BCUT2D eigenvalue weighted by Crippen LogP contribution is 2.31. The lowest BCUT2D eigenvalue weighted by Gasteiger charge is -2.35. The summed E-state index contributed by atoms with van der Waals surface area (Å²) in [5.74, 6) is -0.434. The predicted octanol–water partition coefficient (Wildman–Crippen LogP) is 2.50. The van der Waals surface area contributed by atoms with Crippen LogP contribution < -0.4 is 10.6 Å². The Morgan fingerprint density at radius 2 is 1.66 bits per heavy atom. The maximum atomic E-state index is 12.8. The monoisotopic (exact) mass is 415 g/mol. The second-order valence-electron chi connectivity index (χ2n) is 6.94. The van der Waals surface area contributed by atoms with Gasteiger partial charge in [0.2, 0.25) is 11.8 Å². The topological polar surface area (TPSA) is 70.7 Å². The average molecular weight is 415 g/mol. The highest BCUT2D eigenvalue weighted by Gasteiger charge is 2.31. The number of halogens is 3. The van der Waals surface area contributed by atoms with Crippen LogP contribution >= 0.6 is 0 Å². The van der Waals surface area contributed by atoms with Gasteiger partial charge in [-0.15, -0.1) is 0 Å². The van der Waals surface area contributed by atoms with E-state index in [1.165, 1.54) is 12.1 Å². The van der Waals surface area contributed by atoms with Gasteiger partial charge in [0.1, 0.15) is 0 Å². The summed E-state index contributed by atoms with van der Waals surface area (Å²) < 4.78 is 43.9. The zero-order valence-corrected chi connectivity index (χ0v) is 16.6. The number of carbonyl (C=O) groups is 2. The molecule has 1 unspecified atom stereocenters. The molecule has 2 rings (SSSR count). The first kappa shape index (κ1) is 23.2. The quantitative estimate of drug-likeness (QED) is 0.650. The van der Waals surface area contributed by atoms with Crippen molar-refractivity contribution in [3.63, 3.8) is 0 Å². The van der Waals surface area contributed by atoms with Crippen molar-refractivity contribution in [2.75, 3.05) is 39.4 Å². The van der Waals surface area contributed by atoms with Gasteiger partial charge >= 0.3 is 6.18 Å². The van der Waals surface area contributed by atoms with Crippen LogP contribution in [0, 0.1) is 0 Å². The fourth-order valence-electron chi connectivity index (χ4n) is 3.12. The maximum Gasteiger partial charge on any atom is 0.416 e. The molecule has 9 heteroatoms. The summed E-state index contributed by atoms with van der Waals surface area (Å²) in [4.78, 5) is 25.8. The molecule has 0 bridgehead atoms. The van der Waals surface area contributed by atoms with E-state index in [1.807, 2.05) is 6.92 Å². The van der Waals surface area contributed by atoms with E-state index in [0.29, 0.717) is 38.4 Å². The number of hydrogen-bond acceptors (Lipinski definition) is 4. The van der Waals surface area contributed by atoms with E-state index in [0.717, 1.165) is 18.6 Å². The molecule has 2 amide bonds. The van der Waals surface area contributed by atoms with E-state index in [1.54, 1.807) is 0 Å². The smallest absolute Gasteiger partial charge is 0.379 e. The van der Waals surface area contributed by atoms with Gasteiger partial charge in [0.25, 0.3) is 0 Å². The number of benzene rings is 1. The molecule has 1 aliphatic heterocycles. The molecule has 1 aliphatic rings. The zero-order valence-electron chi connectivity index (χ0n) is 16.6. The molecule has 29 heavy (non-hydrogen) atoms. The van der Waals surface area contributed by atoms with Gasteiger partial charge in [-0.2, -0.15) is 13.2 Å². The summed E-state index contributed by atoms with van der Waals surface area (Å²) in [5.41, 5.74) is -0.00927. The Bertz CT molecular complexity index is 659. The van der Waals surface area contributed by atoms with E-state index < -0.39 is 11.7 Å². The highest BCUT2D eigenvalue weighted by atomic mass is 19.4. The van der Waals surface area contributed by atoms with Crippen LogP contribution in [0.3, 0.4) is 0 Å². The zero-order chi connectivity index (χ0) is 21.3. The Morgan fingerprint density at radius 1 is 1.07 bits per heavy atom. The first-order valence-electron chi connectivity index (χ1n) is 9.83. The number of hydrogen-bond donors (Lipinski definition) is 2. The molecule has 1 saturated heterocycles. The van der Waals surface area contributed by atoms with Crippen molar-refractivity contribution in [2.45, 2.75) is 38.4 Å². The van der Waals surface area contributed by atoms with Crippen LogP contribution in [0.1, 0.15) is 43.4 Å². The van der Waals surface area contributed by atoms with Gasteiger partial charge in [-0.05, 0) is 24.1 Å². The third-order valence-electron chi connectivity index (χ3n) is 4.75. The van der Waals surface area contributed by atoms with Crippen molar-refractivity contribution in [1.29, 1.82) is 0 Å². The number of amides is 2. The minimum absolute atomic E-state index is 0.0678. The molecule has 1 aromatic rings. The Balaban J connectivity index is 1.97. The van der Waals surface area contributed by atoms with Crippen LogP contribution in [-0.4, -0.2) is 56.1 Å². The first-order valence-corrected chi connectivity index (χ1v) is 9.83. The number of morpholine rings is 1. The number of ether oxygens (including phenoxy) is 1. The van der Waals surface area contributed by atoms with Gasteiger partial charge in [-0.3, -0.25) is 14.5 Å². The van der Waals surface area contributed by atoms with Gasteiger partial charge in [0, 0.05) is 39.0 Å². The van der Waals surface area contributed by atoms with Crippen LogP contribution in [0.25, 0.3) is 0 Å². The van der Waals surface area contributed by atoms with Gasteiger partial charge in [0.05, 0.1) is 24.8 Å². The highest BCUT2D eigenvalue weighted by molar-refractivity contribution is 5.83. The SMILES string of the molecule is CCCNC(=O)CCC(=O)NCC(c1ccc(C(F)(F)F)cc1)N1CCOCC1. The van der Waals surface area contributed by atoms with E-state index >= 15 is 0 Å². The molecule has 0 aliphatic carbocycles. The Kier molecular flexibility index (Phi) is 8.91. The Morgan fingerprint density at radius 3 is 2.21 bits per heavy atom. The molecule has 1 fully saturated rings. The van der Waals surface area contributed by atoms with Gasteiger partial charge in [-0.25, -0.2) is 0 Å². The fourth-order valence-corrected chi connectivity index (χ4v) is 3.12. The molecule has 6 nitrogen and oxygen atoms in total. The minimum Gasteiger partial charge on any atom is -0.379 e. The van der Waals surface area contributed by atoms with Crippen molar-refractivity contribution < 1.29 is 27.5 Å². The van der Waals surface area contributed by atoms with Crippen LogP contribution in [0.15, 0.2) is 24.3 Å². The summed E-state index contributed by atoms with van der Waals surface area (Å²) in [6, 6.07) is 4.76. The van der Waals surface area contributed by atoms with Crippen molar-refractivity contribution in [1.82, 2.24) is 15.5 Å². The van der Waals surface area contributed by atoms with Gasteiger partial charge in [-0.1, -0.05) is 19.1 Å². The molecule has 0 saturated carbocycles. The third kappa shape index (κ3) is 7.66. The molecule has 1 heterocycles. The molecule has 0 radical (unpaired) electrons. The second kappa shape index (κ2) is 11.2. The van der Waals surface area contributed by atoms with Crippen molar-refractivity contribution >= 4 is 11.8 Å². The Hall–Kier alpha value is -2.13. The largest absolute Gasteiger partial charge is 0.416 e. The first-order chi connectivity index (χ1) is 13.8. The molecular formula is C20H28F3N3O3. The molecule has 0 spiro atoms. The lowest BCUT2D eigenvalue weighted by molar-refractivity contribution is -0.137. The number of nitrogens with one attached hydrogen (secondary N) is 2. The van der Waals surface area contributed by atoms with Gasteiger partial charge in [0.15, 0.2) is 0 Å². The van der Waals surface area contributed by atoms with E-state index in [9.17, 15) is 22.8 Å². The van der Waals surface area contributed by atoms with E-state index in [4.69, 9.17) is 4.74 Å². The second-order valence-corrected chi connectivity index (χ2v) is 6.94. The average Bonchev–Trinajstić information content (AvgIpc) is 2.71. The van der Waals surface area contributed by atoms with Crippen molar-refractivity contribution in [3.05, 3.63) is 35.4 Å². The summed E-state index contributed by atoms with van der Waals surface area (Å²) >= 11 is 0. The van der Waals surface area contributed by atoms with E-state index in [-0.39, 0.29) is 37.2 Å². The normalized spacial score (nSPS) is 16.3. The maximum absolute atomic E-state index is 12.8. The third-order valence-corrected chi connectivity index (χ3v) is 4.75. The standard InChI is InChI=1S/C20H28F3N3O3/c1-2-9-24-18(27)7-8-19(28)25-14-17(26-10-12-29-13-11-26)15-3-5-16(6-4-15)20(21,22)23/h3-6,17H,2,7-14H2,1H3,(H,24,27)(H,25,28). The Labute approximate surface area is 168 Å². The summed E-state index contributed by atoms with van der Waals surface area (Å²) in [6.45, 7) is 5.08. The van der Waals surface area contributed by atoms with Crippen molar-refractivity contribution in [3.8, 4) is 0 Å². The molecule has 2 N–H and O–H groups in total. The van der Waals surface area contributed by atoms with Crippen LogP contribution in [0.4, 0.5) is 13.2 Å². The lowest BCUT2D eigenvalue weighted by atomic mass is 10.0. The van der Waals surface area contributed by atoms with Gasteiger partial charge < -0.3 is 15.4 Å². The number of carbonyl (C=O) groups excluding carboxylic acids is 2. The minimum atomic E-state index is -4.39. The molecular weight excluding hydrogens is 387 g/mol. The van der Waals surface area contributed by atoms with Crippen molar-refractivity contribution in [2.24, 2.45) is 0 Å². The summed E-state index contributed by atoms with van der Waals surface area (Å²) in [5, 5.41) is 5.53. The molecule has 1 aromatic carbocycles. The lowest BCUT2D eigenvalue weighted by Crippen LogP contribution is -2.44. The van der Waals surface area contributed by atoms with Crippen LogP contribution in [-0.2, 0) is 20.5 Å². The number of nitrogens with zero attached hydrogens (tertiary/aromatic N) is 1. The predicted molar refractivity (Wildman–Crippen MR) is 102 cm³/mol. The summed E-state index contributed by atoms with van der Waals surface area (Å²) in [6.07, 6.45) is -3.39. The van der Waals surface area contributed by atoms with E-state index in [2.05, 4.69) is 15.5 Å².